The maximum Gasteiger partial charge on any atom is 0.333 e. The van der Waals surface area contributed by atoms with E-state index >= 15 is 0 Å². The van der Waals surface area contributed by atoms with E-state index in [0.717, 1.165) is 35.5 Å². The van der Waals surface area contributed by atoms with E-state index < -0.39 is 0 Å². The van der Waals surface area contributed by atoms with Crippen LogP contribution in [-0.2, 0) is 10.8 Å². The second-order valence-electron chi connectivity index (χ2n) is 24.5. The Bertz CT molecular complexity index is 3860. The first-order chi connectivity index (χ1) is 34.5. The molecule has 0 N–H and O–H groups in total. The average molecular weight is 919 g/mol. The maximum atomic E-state index is 2.83. The first kappa shape index (κ1) is 38.6. The van der Waals surface area contributed by atoms with Gasteiger partial charge >= 0.3 is 6.85 Å². The van der Waals surface area contributed by atoms with Crippen LogP contribution in [-0.4, -0.2) is 11.4 Å². The molecule has 10 aliphatic rings. The number of anilines is 2. The zero-order valence-electron chi connectivity index (χ0n) is 39.8. The lowest BCUT2D eigenvalue weighted by Gasteiger charge is -2.57. The molecule has 8 aromatic carbocycles. The van der Waals surface area contributed by atoms with E-state index in [4.69, 9.17) is 0 Å². The van der Waals surface area contributed by atoms with Crippen molar-refractivity contribution >= 4 is 93.2 Å². The van der Waals surface area contributed by atoms with Crippen LogP contribution in [0.25, 0.3) is 80.7 Å². The normalized spacial score (nSPS) is 28.5. The van der Waals surface area contributed by atoms with Crippen molar-refractivity contribution in [2.45, 2.75) is 87.9 Å². The molecule has 2 aliphatic heterocycles. The van der Waals surface area contributed by atoms with Crippen LogP contribution in [0.1, 0.15) is 88.2 Å². The van der Waals surface area contributed by atoms with Gasteiger partial charge in [-0.25, -0.2) is 0 Å². The Morgan fingerprint density at radius 1 is 0.457 bits per heavy atom. The molecule has 20 rings (SSSR count). The van der Waals surface area contributed by atoms with Crippen LogP contribution >= 0.6 is 11.3 Å². The van der Waals surface area contributed by atoms with Crippen molar-refractivity contribution in [2.24, 2.45) is 35.5 Å². The topological polar surface area (TPSA) is 8.17 Å². The molecule has 2 nitrogen and oxygen atoms in total. The van der Waals surface area contributed by atoms with Crippen molar-refractivity contribution in [3.8, 4) is 27.9 Å². The van der Waals surface area contributed by atoms with Gasteiger partial charge < -0.3 is 9.38 Å². The van der Waals surface area contributed by atoms with Crippen molar-refractivity contribution in [3.63, 3.8) is 0 Å². The molecule has 8 saturated carbocycles. The zero-order valence-corrected chi connectivity index (χ0v) is 40.6. The number of thiophene rings is 1. The molecular weight excluding hydrogens is 864 g/mol. The van der Waals surface area contributed by atoms with E-state index in [1.807, 2.05) is 11.3 Å². The van der Waals surface area contributed by atoms with Crippen LogP contribution in [0.2, 0.25) is 0 Å². The summed E-state index contributed by atoms with van der Waals surface area (Å²) in [6, 6.07) is 60.5. The van der Waals surface area contributed by atoms with Crippen molar-refractivity contribution in [1.29, 1.82) is 0 Å². The van der Waals surface area contributed by atoms with Gasteiger partial charge in [-0.05, 0) is 222 Å². The SMILES string of the molecule is c1ccc(-c2ccc(N3B4c5c(cc6ccccc6c5-n5c6ccc(C78CC9CC(CC(C9)C7)C8)cc6c6cc(C78CC9CC(CC(C9)C7)C8)cc4c65)-c4cc5sc6ccccc6c5cc43)cc2)cc1. The Morgan fingerprint density at radius 3 is 1.79 bits per heavy atom. The van der Waals surface area contributed by atoms with Gasteiger partial charge in [0.15, 0.2) is 0 Å². The summed E-state index contributed by atoms with van der Waals surface area (Å²) in [6.07, 6.45) is 17.1. The maximum absolute atomic E-state index is 2.83. The predicted molar refractivity (Wildman–Crippen MR) is 295 cm³/mol. The summed E-state index contributed by atoms with van der Waals surface area (Å²) in [6.45, 7) is -0.0113. The van der Waals surface area contributed by atoms with Crippen molar-refractivity contribution in [3.05, 3.63) is 163 Å². The lowest BCUT2D eigenvalue weighted by molar-refractivity contribution is -0.00526. The van der Waals surface area contributed by atoms with E-state index in [1.165, 1.54) is 180 Å². The van der Waals surface area contributed by atoms with Crippen LogP contribution in [0.5, 0.6) is 0 Å². The lowest BCUT2D eigenvalue weighted by Crippen LogP contribution is -2.61. The molecule has 4 heteroatoms. The van der Waals surface area contributed by atoms with Crippen molar-refractivity contribution in [2.75, 3.05) is 4.81 Å². The van der Waals surface area contributed by atoms with Crippen LogP contribution < -0.4 is 15.7 Å². The van der Waals surface area contributed by atoms with Gasteiger partial charge in [-0.3, -0.25) is 0 Å². The van der Waals surface area contributed by atoms with E-state index in [9.17, 15) is 0 Å². The summed E-state index contributed by atoms with van der Waals surface area (Å²) in [7, 11) is 0. The molecule has 0 saturated heterocycles. The molecule has 8 fully saturated rings. The van der Waals surface area contributed by atoms with Crippen molar-refractivity contribution < 1.29 is 0 Å². The number of hydrogen-bond acceptors (Lipinski definition) is 2. The highest BCUT2D eigenvalue weighted by Gasteiger charge is 2.54. The van der Waals surface area contributed by atoms with Crippen LogP contribution in [0.4, 0.5) is 11.4 Å². The third kappa shape index (κ3) is 5.07. The van der Waals surface area contributed by atoms with Gasteiger partial charge in [0.05, 0.1) is 16.7 Å². The lowest BCUT2D eigenvalue weighted by atomic mass is 9.42. The van der Waals surface area contributed by atoms with Gasteiger partial charge in [0.1, 0.15) is 0 Å². The standard InChI is InChI=1S/C66H55BN2S/c1-2-8-44(9-3-1)45-14-17-49(18-15-45)69-59-30-54-51-12-6-7-13-60(51)70-61(54)31-53(59)55-26-46-10-4-5-11-50(46)64-62(55)67(69)57-29-48(66-35-41-23-42(36-66)25-43(24-41)37-66)28-56-52-27-47(16-19-58(52)68(64)63(56)57)65-32-38-20-39(33-65)22-40(21-38)34-65/h1-19,26-31,38-43H,20-25,32-37H2. The number of aromatic nitrogens is 1. The average Bonchev–Trinajstić information content (AvgIpc) is 3.91. The number of fused-ring (bicyclic) bond motifs is 12. The summed E-state index contributed by atoms with van der Waals surface area (Å²) in [5.41, 5.74) is 19.0. The minimum Gasteiger partial charge on any atom is -0.376 e. The molecule has 0 amide bonds. The molecule has 0 unspecified atom stereocenters. The van der Waals surface area contributed by atoms with Gasteiger partial charge in [0.25, 0.3) is 0 Å². The summed E-state index contributed by atoms with van der Waals surface area (Å²) in [5, 5.41) is 8.42. The zero-order chi connectivity index (χ0) is 45.2. The first-order valence-electron chi connectivity index (χ1n) is 27.1. The van der Waals surface area contributed by atoms with E-state index in [1.54, 1.807) is 11.1 Å². The molecule has 338 valence electrons. The van der Waals surface area contributed by atoms with Gasteiger partial charge in [-0.15, -0.1) is 11.3 Å². The van der Waals surface area contributed by atoms with Gasteiger partial charge in [0.2, 0.25) is 0 Å². The summed E-state index contributed by atoms with van der Waals surface area (Å²) in [5.74, 6) is 5.39. The van der Waals surface area contributed by atoms with E-state index in [0.29, 0.717) is 5.41 Å². The van der Waals surface area contributed by atoms with Crippen molar-refractivity contribution in [1.82, 2.24) is 4.57 Å². The Labute approximate surface area is 414 Å². The molecule has 8 aliphatic carbocycles. The van der Waals surface area contributed by atoms with Gasteiger partial charge in [-0.1, -0.05) is 97.1 Å². The van der Waals surface area contributed by atoms with Gasteiger partial charge in [-0.2, -0.15) is 0 Å². The molecule has 70 heavy (non-hydrogen) atoms. The largest absolute Gasteiger partial charge is 0.376 e. The highest BCUT2D eigenvalue weighted by Crippen LogP contribution is 2.63. The number of hydrogen-bond donors (Lipinski definition) is 0. The minimum atomic E-state index is -0.0113. The van der Waals surface area contributed by atoms with E-state index in [2.05, 4.69) is 161 Å². The highest BCUT2D eigenvalue weighted by atomic mass is 32.1. The Balaban J connectivity index is 0.969. The second-order valence-corrected chi connectivity index (χ2v) is 25.6. The fourth-order valence-corrected chi connectivity index (χ4v) is 19.9. The minimum absolute atomic E-state index is 0.0113. The number of benzene rings is 8. The molecule has 0 radical (unpaired) electrons. The summed E-state index contributed by atoms with van der Waals surface area (Å²) < 4.78 is 5.54. The first-order valence-corrected chi connectivity index (χ1v) is 27.9. The number of nitrogens with zero attached hydrogens (tertiary/aromatic N) is 2. The molecule has 10 aromatic rings. The van der Waals surface area contributed by atoms with Gasteiger partial charge in [0, 0.05) is 53.3 Å². The van der Waals surface area contributed by atoms with Crippen LogP contribution in [0, 0.1) is 35.5 Å². The molecule has 8 bridgehead atoms. The van der Waals surface area contributed by atoms with E-state index in [-0.39, 0.29) is 12.3 Å². The third-order valence-corrected chi connectivity index (χ3v) is 21.7. The monoisotopic (exact) mass is 918 g/mol. The second kappa shape index (κ2) is 13.4. The Morgan fingerprint density at radius 2 is 1.07 bits per heavy atom. The molecule has 0 atom stereocenters. The fraction of sp³-hybridized carbons (Fsp3) is 0.303. The molecule has 4 heterocycles. The number of rotatable bonds is 4. The predicted octanol–water partition coefficient (Wildman–Crippen LogP) is 16.1. The van der Waals surface area contributed by atoms with Crippen LogP contribution in [0.15, 0.2) is 152 Å². The quantitative estimate of drug-likeness (QED) is 0.160. The van der Waals surface area contributed by atoms with Crippen LogP contribution in [0.3, 0.4) is 0 Å². The third-order valence-electron chi connectivity index (χ3n) is 20.6. The summed E-state index contributed by atoms with van der Waals surface area (Å²) >= 11 is 1.95. The smallest absolute Gasteiger partial charge is 0.333 e. The summed E-state index contributed by atoms with van der Waals surface area (Å²) in [4.78, 5) is 2.82. The fourth-order valence-electron chi connectivity index (χ4n) is 18.7. The molecular formula is C66H55BN2S. The highest BCUT2D eigenvalue weighted by molar-refractivity contribution is 7.25. The molecule has 2 aromatic heterocycles. The molecule has 0 spiro atoms. The Kier molecular flexibility index (Phi) is 7.42. The Hall–Kier alpha value is -6.10.